The molecule has 0 spiro atoms. The summed E-state index contributed by atoms with van der Waals surface area (Å²) in [5.41, 5.74) is 1.46. The topological polar surface area (TPSA) is 89.4 Å². The summed E-state index contributed by atoms with van der Waals surface area (Å²) in [6.45, 7) is 11.7. The molecule has 0 aliphatic rings. The molecule has 5 nitrogen and oxygen atoms in total. The Labute approximate surface area is 117 Å². The van der Waals surface area contributed by atoms with Gasteiger partial charge < -0.3 is 4.48 Å². The van der Waals surface area contributed by atoms with Crippen LogP contribution in [-0.4, -0.2) is 28.8 Å². The van der Waals surface area contributed by atoms with Crippen LogP contribution in [0.15, 0.2) is 30.3 Å². The molecule has 0 unspecified atom stereocenters. The molecule has 0 aromatic heterocycles. The Bertz CT molecular complexity index is 322. The summed E-state index contributed by atoms with van der Waals surface area (Å²) in [6, 6.07) is 10.8. The molecule has 0 bridgehead atoms. The molecule has 0 aliphatic heterocycles. The van der Waals surface area contributed by atoms with Crippen LogP contribution in [0, 0.1) is 10.2 Å². The van der Waals surface area contributed by atoms with Crippen molar-refractivity contribution in [3.8, 4) is 0 Å². The normalized spacial score (nSPS) is 11.7. The van der Waals surface area contributed by atoms with Crippen molar-refractivity contribution < 1.29 is 33.4 Å². The zero-order valence-electron chi connectivity index (χ0n) is 11.7. The minimum absolute atomic E-state index is 1.17. The summed E-state index contributed by atoms with van der Waals surface area (Å²) in [7, 11) is -4.69. The van der Waals surface area contributed by atoms with Gasteiger partial charge in [-0.2, -0.15) is 14.0 Å². The monoisotopic (exact) mass is 292 g/mol. The van der Waals surface area contributed by atoms with Crippen LogP contribution in [0.1, 0.15) is 26.3 Å². The lowest BCUT2D eigenvalue weighted by Crippen LogP contribution is -2.58. The Morgan fingerprint density at radius 2 is 1.32 bits per heavy atom. The number of hydrogen-bond donors (Lipinski definition) is 1. The zero-order valence-corrected chi connectivity index (χ0v) is 12.5. The number of nitrogens with zero attached hydrogens (tertiary/aromatic N) is 1. The third-order valence-corrected chi connectivity index (χ3v) is 3.37. The fourth-order valence-corrected chi connectivity index (χ4v) is 1.98. The minimum atomic E-state index is -4.69. The van der Waals surface area contributed by atoms with Crippen LogP contribution in [0.4, 0.5) is 0 Å². The third kappa shape index (κ3) is 8.93. The number of hydrogen-bond acceptors (Lipinski definition) is 4. The maximum atomic E-state index is 8.60. The lowest BCUT2D eigenvalue weighted by atomic mass is 10.2. The van der Waals surface area contributed by atoms with E-state index in [1.807, 2.05) is 0 Å². The maximum Gasteiger partial charge on any atom is 0.104 e. The van der Waals surface area contributed by atoms with Crippen molar-refractivity contribution in [2.24, 2.45) is 0 Å². The number of quaternary nitrogens is 1. The van der Waals surface area contributed by atoms with E-state index in [1.54, 1.807) is 0 Å². The molecule has 0 fully saturated rings. The molecule has 0 saturated heterocycles. The Kier molecular flexibility index (Phi) is 8.17. The molecule has 0 amide bonds. The summed E-state index contributed by atoms with van der Waals surface area (Å²) in [6.07, 6.45) is 0. The van der Waals surface area contributed by atoms with Gasteiger partial charge in [-0.25, -0.2) is 0 Å². The van der Waals surface area contributed by atoms with E-state index in [1.165, 1.54) is 36.2 Å². The fraction of sp³-hybridized carbons (Fsp3) is 0.538. The lowest BCUT2D eigenvalue weighted by molar-refractivity contribution is -1.92. The van der Waals surface area contributed by atoms with E-state index in [0.717, 1.165) is 0 Å². The van der Waals surface area contributed by atoms with E-state index in [4.69, 9.17) is 18.6 Å². The highest BCUT2D eigenvalue weighted by Gasteiger charge is 2.20. The van der Waals surface area contributed by atoms with E-state index in [-0.39, 0.29) is 0 Å². The SMILES string of the molecule is CC[N+](CC)(CC)Cc1ccccc1.[O-][Cl+3]([O-])([O-])O. The van der Waals surface area contributed by atoms with Gasteiger partial charge in [-0.05, 0) is 20.8 Å². The largest absolute Gasteiger partial charge is 0.321 e. The number of rotatable bonds is 5. The predicted molar refractivity (Wildman–Crippen MR) is 64.2 cm³/mol. The molecule has 1 rings (SSSR count). The van der Waals surface area contributed by atoms with E-state index >= 15 is 0 Å². The average Bonchev–Trinajstić information content (AvgIpc) is 2.35. The summed E-state index contributed by atoms with van der Waals surface area (Å²) in [5.74, 6) is 0. The Morgan fingerprint density at radius 3 is 1.63 bits per heavy atom. The van der Waals surface area contributed by atoms with Crippen molar-refractivity contribution in [2.45, 2.75) is 27.3 Å². The first-order chi connectivity index (χ1) is 8.76. The molecule has 1 N–H and O–H groups in total. The molecular weight excluding hydrogens is 270 g/mol. The molecule has 6 heteroatoms. The van der Waals surface area contributed by atoms with Gasteiger partial charge in [-0.3, -0.25) is 0 Å². The minimum Gasteiger partial charge on any atom is -0.321 e. The standard InChI is InChI=1S/C13H22N.ClHO4/c1-4-14(5-2,6-3)12-13-10-8-7-9-11-13;2-1(3,4)5/h7-11H,4-6,12H2,1-3H3;(H,2,3,4,5)/q+1;. The Hall–Kier alpha value is -0.690. The van der Waals surface area contributed by atoms with Crippen molar-refractivity contribution in [3.05, 3.63) is 35.9 Å². The second-order valence-corrected chi connectivity index (χ2v) is 5.12. The van der Waals surface area contributed by atoms with Crippen LogP contribution in [0.25, 0.3) is 0 Å². The zero-order chi connectivity index (χ0) is 14.9. The van der Waals surface area contributed by atoms with Crippen molar-refractivity contribution in [3.63, 3.8) is 0 Å². The van der Waals surface area contributed by atoms with Gasteiger partial charge in [0.2, 0.25) is 0 Å². The quantitative estimate of drug-likeness (QED) is 0.701. The summed E-state index contributed by atoms with van der Waals surface area (Å²) in [4.78, 5) is 0. The van der Waals surface area contributed by atoms with Crippen molar-refractivity contribution in [2.75, 3.05) is 19.6 Å². The molecule has 0 aliphatic carbocycles. The number of benzene rings is 1. The molecule has 0 atom stereocenters. The van der Waals surface area contributed by atoms with Gasteiger partial charge in [-0.1, -0.05) is 30.3 Å². The fourth-order valence-electron chi connectivity index (χ4n) is 1.98. The van der Waals surface area contributed by atoms with Gasteiger partial charge in [0.15, 0.2) is 0 Å². The summed E-state index contributed by atoms with van der Waals surface area (Å²) < 4.78 is 33.9. The lowest BCUT2D eigenvalue weighted by Gasteiger charge is -2.35. The van der Waals surface area contributed by atoms with Gasteiger partial charge in [0.05, 0.1) is 34.5 Å². The first-order valence-electron chi connectivity index (χ1n) is 6.28. The molecule has 110 valence electrons. The van der Waals surface area contributed by atoms with Gasteiger partial charge in [0, 0.05) is 5.56 Å². The van der Waals surface area contributed by atoms with Crippen LogP contribution in [-0.2, 0) is 6.54 Å². The highest BCUT2D eigenvalue weighted by Crippen LogP contribution is 2.13. The predicted octanol–water partition coefficient (Wildman–Crippen LogP) is -1.06. The van der Waals surface area contributed by atoms with Crippen LogP contribution in [0.2, 0.25) is 0 Å². The first-order valence-corrected chi connectivity index (χ1v) is 7.55. The highest BCUT2D eigenvalue weighted by atomic mass is 35.7. The van der Waals surface area contributed by atoms with Gasteiger partial charge >= 0.3 is 0 Å². The van der Waals surface area contributed by atoms with Gasteiger partial charge in [0.1, 0.15) is 6.54 Å². The van der Waals surface area contributed by atoms with Crippen LogP contribution < -0.4 is 14.0 Å². The number of halogens is 1. The molecule has 1 aromatic carbocycles. The highest BCUT2D eigenvalue weighted by molar-refractivity contribution is 5.13. The van der Waals surface area contributed by atoms with E-state index < -0.39 is 10.2 Å². The first kappa shape index (κ1) is 18.3. The second kappa shape index (κ2) is 8.47. The average molecular weight is 293 g/mol. The third-order valence-electron chi connectivity index (χ3n) is 3.37. The summed E-state index contributed by atoms with van der Waals surface area (Å²) >= 11 is 0. The molecule has 0 radical (unpaired) electrons. The van der Waals surface area contributed by atoms with Gasteiger partial charge in [-0.15, -0.1) is 0 Å². The van der Waals surface area contributed by atoms with E-state index in [2.05, 4.69) is 51.1 Å². The van der Waals surface area contributed by atoms with Gasteiger partial charge in [0.25, 0.3) is 0 Å². The van der Waals surface area contributed by atoms with Crippen LogP contribution in [0.5, 0.6) is 0 Å². The van der Waals surface area contributed by atoms with Crippen molar-refractivity contribution in [1.29, 1.82) is 0 Å². The maximum absolute atomic E-state index is 8.60. The molecular formula is C13H23ClNO4+. The molecule has 0 saturated carbocycles. The Balaban J connectivity index is 0.000000555. The molecule has 19 heavy (non-hydrogen) atoms. The second-order valence-electron chi connectivity index (χ2n) is 4.33. The van der Waals surface area contributed by atoms with E-state index in [0.29, 0.717) is 0 Å². The molecule has 1 aromatic rings. The molecule has 0 heterocycles. The summed E-state index contributed by atoms with van der Waals surface area (Å²) in [5, 5.41) is 0. The van der Waals surface area contributed by atoms with Crippen molar-refractivity contribution >= 4 is 0 Å². The van der Waals surface area contributed by atoms with E-state index in [9.17, 15) is 0 Å². The van der Waals surface area contributed by atoms with Crippen LogP contribution in [0.3, 0.4) is 0 Å². The smallest absolute Gasteiger partial charge is 0.104 e. The van der Waals surface area contributed by atoms with Crippen LogP contribution >= 0.6 is 0 Å². The van der Waals surface area contributed by atoms with Crippen molar-refractivity contribution in [1.82, 2.24) is 0 Å². The Morgan fingerprint density at radius 1 is 0.947 bits per heavy atom.